The zero-order chi connectivity index (χ0) is 13.0. The molecule has 0 saturated heterocycles. The highest BCUT2D eigenvalue weighted by molar-refractivity contribution is 8.00. The molecule has 1 fully saturated rings. The van der Waals surface area contributed by atoms with Crippen molar-refractivity contribution in [3.05, 3.63) is 23.5 Å². The van der Waals surface area contributed by atoms with E-state index in [-0.39, 0.29) is 5.97 Å². The van der Waals surface area contributed by atoms with Crippen LogP contribution in [0.1, 0.15) is 35.4 Å². The molecule has 0 amide bonds. The predicted octanol–water partition coefficient (Wildman–Crippen LogP) is 2.18. The van der Waals surface area contributed by atoms with Gasteiger partial charge < -0.3 is 15.0 Å². The van der Waals surface area contributed by atoms with Gasteiger partial charge in [0.2, 0.25) is 0 Å². The van der Waals surface area contributed by atoms with Crippen molar-refractivity contribution in [1.82, 2.24) is 10.3 Å². The number of esters is 1. The van der Waals surface area contributed by atoms with Crippen molar-refractivity contribution in [3.8, 4) is 0 Å². The number of ether oxygens (including phenoxy) is 1. The highest BCUT2D eigenvalue weighted by atomic mass is 32.2. The molecule has 18 heavy (non-hydrogen) atoms. The molecular formula is C13H20N2O2S. The number of nitrogens with one attached hydrogen (secondary N) is 2. The number of methoxy groups -OCH3 is 1. The molecule has 1 aliphatic rings. The van der Waals surface area contributed by atoms with Gasteiger partial charge >= 0.3 is 5.97 Å². The molecule has 0 radical (unpaired) electrons. The molecule has 100 valence electrons. The summed E-state index contributed by atoms with van der Waals surface area (Å²) in [5.41, 5.74) is 1.53. The molecule has 1 aromatic rings. The molecule has 2 rings (SSSR count). The summed E-state index contributed by atoms with van der Waals surface area (Å²) < 4.78 is 5.10. The molecule has 0 spiro atoms. The fourth-order valence-corrected chi connectivity index (χ4v) is 3.16. The summed E-state index contributed by atoms with van der Waals surface area (Å²) in [6.07, 6.45) is 6.14. The first-order valence-electron chi connectivity index (χ1n) is 6.21. The van der Waals surface area contributed by atoms with Crippen molar-refractivity contribution in [2.45, 2.75) is 30.6 Å². The van der Waals surface area contributed by atoms with Crippen LogP contribution < -0.4 is 5.32 Å². The lowest BCUT2D eigenvalue weighted by molar-refractivity contribution is 0.0594. The van der Waals surface area contributed by atoms with Crippen molar-refractivity contribution in [1.29, 1.82) is 0 Å². The number of aromatic nitrogens is 1. The minimum absolute atomic E-state index is 0.319. The average Bonchev–Trinajstić information content (AvgIpc) is 2.80. The monoisotopic (exact) mass is 268 g/mol. The van der Waals surface area contributed by atoms with Crippen molar-refractivity contribution in [2.75, 3.05) is 19.9 Å². The van der Waals surface area contributed by atoms with E-state index in [0.29, 0.717) is 10.4 Å². The number of carbonyl (C=O) groups excluding carboxylic acids is 1. The normalized spacial score (nSPS) is 17.2. The second-order valence-electron chi connectivity index (χ2n) is 4.73. The lowest BCUT2D eigenvalue weighted by Crippen LogP contribution is -2.43. The maximum Gasteiger partial charge on any atom is 0.354 e. The molecule has 1 aliphatic carbocycles. The van der Waals surface area contributed by atoms with Crippen molar-refractivity contribution in [2.24, 2.45) is 0 Å². The van der Waals surface area contributed by atoms with Gasteiger partial charge in [-0.2, -0.15) is 11.8 Å². The maximum atomic E-state index is 11.3. The van der Waals surface area contributed by atoms with E-state index in [0.717, 1.165) is 18.8 Å². The molecule has 2 N–H and O–H groups in total. The molecule has 0 aliphatic heterocycles. The summed E-state index contributed by atoms with van der Waals surface area (Å²) in [5.74, 6) is -0.319. The molecule has 4 nitrogen and oxygen atoms in total. The quantitative estimate of drug-likeness (QED) is 0.776. The lowest BCUT2D eigenvalue weighted by Gasteiger charge is -2.40. The maximum absolute atomic E-state index is 11.3. The van der Waals surface area contributed by atoms with Crippen LogP contribution in [0.25, 0.3) is 0 Å². The van der Waals surface area contributed by atoms with Gasteiger partial charge in [0.1, 0.15) is 5.69 Å². The van der Waals surface area contributed by atoms with Crippen LogP contribution in [0.4, 0.5) is 0 Å². The molecule has 0 atom stereocenters. The predicted molar refractivity (Wildman–Crippen MR) is 73.9 cm³/mol. The number of H-pyrrole nitrogens is 1. The van der Waals surface area contributed by atoms with Crippen LogP contribution in [0, 0.1) is 0 Å². The summed E-state index contributed by atoms with van der Waals surface area (Å²) in [4.78, 5) is 14.3. The summed E-state index contributed by atoms with van der Waals surface area (Å²) in [6, 6.07) is 3.68. The zero-order valence-electron chi connectivity index (χ0n) is 10.9. The van der Waals surface area contributed by atoms with Crippen LogP contribution in [-0.2, 0) is 11.3 Å². The first kappa shape index (κ1) is 13.5. The van der Waals surface area contributed by atoms with Crippen molar-refractivity contribution >= 4 is 17.7 Å². The van der Waals surface area contributed by atoms with E-state index in [1.165, 1.54) is 26.4 Å². The van der Waals surface area contributed by atoms with Gasteiger partial charge in [0, 0.05) is 23.5 Å². The molecule has 1 saturated carbocycles. The zero-order valence-corrected chi connectivity index (χ0v) is 11.7. The Bertz CT molecular complexity index is 407. The van der Waals surface area contributed by atoms with Crippen LogP contribution >= 0.6 is 11.8 Å². The third-order valence-electron chi connectivity index (χ3n) is 3.61. The van der Waals surface area contributed by atoms with Gasteiger partial charge in [-0.1, -0.05) is 6.42 Å². The molecule has 0 bridgehead atoms. The van der Waals surface area contributed by atoms with E-state index in [4.69, 9.17) is 0 Å². The number of hydrogen-bond donors (Lipinski definition) is 2. The van der Waals surface area contributed by atoms with Crippen LogP contribution in [0.3, 0.4) is 0 Å². The Morgan fingerprint density at radius 2 is 2.33 bits per heavy atom. The van der Waals surface area contributed by atoms with Crippen molar-refractivity contribution < 1.29 is 9.53 Å². The number of thioether (sulfide) groups is 1. The number of aromatic amines is 1. The molecule has 1 heterocycles. The highest BCUT2D eigenvalue weighted by Crippen LogP contribution is 2.42. The lowest BCUT2D eigenvalue weighted by atomic mass is 9.84. The topological polar surface area (TPSA) is 54.1 Å². The molecular weight excluding hydrogens is 248 g/mol. The SMILES string of the molecule is COC(=O)c1ccc(CNCC2(SC)CCC2)[nH]1. The standard InChI is InChI=1S/C13H20N2O2S/c1-17-12(16)11-5-4-10(15-11)8-14-9-13(18-2)6-3-7-13/h4-5,14-15H,3,6-9H2,1-2H3. The van der Waals surface area contributed by atoms with Gasteiger partial charge in [0.05, 0.1) is 7.11 Å². The Labute approximate surface area is 112 Å². The average molecular weight is 268 g/mol. The van der Waals surface area contributed by atoms with E-state index in [1.54, 1.807) is 6.07 Å². The van der Waals surface area contributed by atoms with Crippen LogP contribution in [-0.4, -0.2) is 35.6 Å². The number of hydrogen-bond acceptors (Lipinski definition) is 4. The Balaban J connectivity index is 1.80. The number of rotatable bonds is 6. The van der Waals surface area contributed by atoms with Crippen molar-refractivity contribution in [3.63, 3.8) is 0 Å². The van der Waals surface area contributed by atoms with E-state index >= 15 is 0 Å². The van der Waals surface area contributed by atoms with E-state index < -0.39 is 0 Å². The third kappa shape index (κ3) is 2.90. The Morgan fingerprint density at radius 1 is 1.56 bits per heavy atom. The van der Waals surface area contributed by atoms with Gasteiger partial charge in [0.15, 0.2) is 0 Å². The Kier molecular flexibility index (Phi) is 4.35. The molecule has 0 aromatic carbocycles. The largest absolute Gasteiger partial charge is 0.464 e. The summed E-state index contributed by atoms with van der Waals surface area (Å²) in [7, 11) is 1.39. The van der Waals surface area contributed by atoms with Gasteiger partial charge in [-0.25, -0.2) is 4.79 Å². The second kappa shape index (κ2) is 5.80. The number of carbonyl (C=O) groups is 1. The van der Waals surface area contributed by atoms with Gasteiger partial charge in [-0.05, 0) is 31.2 Å². The first-order chi connectivity index (χ1) is 8.69. The van der Waals surface area contributed by atoms with E-state index in [9.17, 15) is 4.79 Å². The van der Waals surface area contributed by atoms with E-state index in [2.05, 4.69) is 21.3 Å². The Morgan fingerprint density at radius 3 is 2.89 bits per heavy atom. The fourth-order valence-electron chi connectivity index (χ4n) is 2.22. The van der Waals surface area contributed by atoms with Crippen LogP contribution in [0.5, 0.6) is 0 Å². The van der Waals surface area contributed by atoms with Crippen LogP contribution in [0.15, 0.2) is 12.1 Å². The minimum atomic E-state index is -0.319. The summed E-state index contributed by atoms with van der Waals surface area (Å²) in [6.45, 7) is 1.79. The third-order valence-corrected chi connectivity index (χ3v) is 5.03. The van der Waals surface area contributed by atoms with Gasteiger partial charge in [-0.15, -0.1) is 0 Å². The molecule has 0 unspecified atom stereocenters. The minimum Gasteiger partial charge on any atom is -0.464 e. The fraction of sp³-hybridized carbons (Fsp3) is 0.615. The Hall–Kier alpha value is -0.940. The highest BCUT2D eigenvalue weighted by Gasteiger charge is 2.35. The smallest absolute Gasteiger partial charge is 0.354 e. The van der Waals surface area contributed by atoms with E-state index in [1.807, 2.05) is 17.8 Å². The summed E-state index contributed by atoms with van der Waals surface area (Å²) in [5, 5.41) is 3.46. The van der Waals surface area contributed by atoms with Crippen LogP contribution in [0.2, 0.25) is 0 Å². The first-order valence-corrected chi connectivity index (χ1v) is 7.44. The summed E-state index contributed by atoms with van der Waals surface area (Å²) >= 11 is 1.96. The second-order valence-corrected chi connectivity index (χ2v) is 6.01. The van der Waals surface area contributed by atoms with Gasteiger partial charge in [-0.3, -0.25) is 0 Å². The molecule has 1 aromatic heterocycles. The molecule has 5 heteroatoms. The van der Waals surface area contributed by atoms with Gasteiger partial charge in [0.25, 0.3) is 0 Å².